The van der Waals surface area contributed by atoms with Crippen molar-refractivity contribution in [2.45, 2.75) is 27.7 Å². The molecule has 19 heavy (non-hydrogen) atoms. The van der Waals surface area contributed by atoms with Crippen LogP contribution in [0.1, 0.15) is 36.7 Å². The Morgan fingerprint density at radius 3 is 2.58 bits per heavy atom. The van der Waals surface area contributed by atoms with Gasteiger partial charge in [-0.3, -0.25) is 14.9 Å². The number of nitrogens with zero attached hydrogens (tertiary/aromatic N) is 2. The summed E-state index contributed by atoms with van der Waals surface area (Å²) < 4.78 is 0. The predicted octanol–water partition coefficient (Wildman–Crippen LogP) is 2.66. The van der Waals surface area contributed by atoms with E-state index in [0.29, 0.717) is 5.56 Å². The van der Waals surface area contributed by atoms with Crippen LogP contribution >= 0.6 is 0 Å². The number of nitro benzene ring substituents is 1. The molecule has 6 heteroatoms. The van der Waals surface area contributed by atoms with E-state index in [9.17, 15) is 14.9 Å². The van der Waals surface area contributed by atoms with Crippen molar-refractivity contribution in [1.29, 1.82) is 0 Å². The molecule has 0 aliphatic carbocycles. The molecule has 0 aliphatic heterocycles. The normalized spacial score (nSPS) is 11.5. The van der Waals surface area contributed by atoms with E-state index < -0.39 is 10.8 Å². The highest BCUT2D eigenvalue weighted by Crippen LogP contribution is 2.19. The van der Waals surface area contributed by atoms with Crippen molar-refractivity contribution in [3.63, 3.8) is 0 Å². The molecule has 0 heterocycles. The van der Waals surface area contributed by atoms with Crippen molar-refractivity contribution in [3.8, 4) is 0 Å². The van der Waals surface area contributed by atoms with Gasteiger partial charge in [0.05, 0.1) is 4.92 Å². The number of hydrazone groups is 1. The monoisotopic (exact) mass is 263 g/mol. The SMILES string of the molecule is C/C(=N\NC(=O)c1ccc(C)c([N+](=O)[O-])c1)C(C)C. The number of aryl methyl sites for hydroxylation is 1. The van der Waals surface area contributed by atoms with Gasteiger partial charge in [-0.25, -0.2) is 5.43 Å². The fraction of sp³-hybridized carbons (Fsp3) is 0.385. The first-order valence-corrected chi connectivity index (χ1v) is 5.92. The fourth-order valence-electron chi connectivity index (χ4n) is 1.28. The summed E-state index contributed by atoms with van der Waals surface area (Å²) in [4.78, 5) is 22.1. The topological polar surface area (TPSA) is 84.6 Å². The molecule has 1 rings (SSSR count). The highest BCUT2D eigenvalue weighted by molar-refractivity contribution is 5.96. The second-order valence-electron chi connectivity index (χ2n) is 4.61. The van der Waals surface area contributed by atoms with Gasteiger partial charge in [0.2, 0.25) is 0 Å². The van der Waals surface area contributed by atoms with Gasteiger partial charge >= 0.3 is 0 Å². The molecule has 0 spiro atoms. The van der Waals surface area contributed by atoms with Crippen molar-refractivity contribution in [1.82, 2.24) is 5.43 Å². The molecular weight excluding hydrogens is 246 g/mol. The molecule has 0 aromatic heterocycles. The van der Waals surface area contributed by atoms with Gasteiger partial charge in [0.25, 0.3) is 11.6 Å². The number of hydrogen-bond acceptors (Lipinski definition) is 4. The Kier molecular flexibility index (Phi) is 4.74. The Balaban J connectivity index is 2.92. The predicted molar refractivity (Wildman–Crippen MR) is 73.2 cm³/mol. The molecule has 0 saturated heterocycles. The fourth-order valence-corrected chi connectivity index (χ4v) is 1.28. The maximum atomic E-state index is 11.8. The van der Waals surface area contributed by atoms with E-state index in [-0.39, 0.29) is 17.2 Å². The molecule has 0 unspecified atom stereocenters. The standard InChI is InChI=1S/C13H17N3O3/c1-8(2)10(4)14-15-13(17)11-6-5-9(3)12(7-11)16(18)19/h5-8H,1-4H3,(H,15,17)/b14-10+. The number of nitrogens with one attached hydrogen (secondary N) is 1. The summed E-state index contributed by atoms with van der Waals surface area (Å²) in [7, 11) is 0. The number of rotatable bonds is 4. The number of nitro groups is 1. The quantitative estimate of drug-likeness (QED) is 0.515. The minimum atomic E-state index is -0.505. The highest BCUT2D eigenvalue weighted by Gasteiger charge is 2.14. The van der Waals surface area contributed by atoms with Crippen molar-refractivity contribution in [2.75, 3.05) is 0 Å². The highest BCUT2D eigenvalue weighted by atomic mass is 16.6. The maximum Gasteiger partial charge on any atom is 0.273 e. The molecule has 102 valence electrons. The first-order chi connectivity index (χ1) is 8.82. The number of benzene rings is 1. The zero-order valence-corrected chi connectivity index (χ0v) is 11.4. The second kappa shape index (κ2) is 6.08. The van der Waals surface area contributed by atoms with E-state index in [1.165, 1.54) is 12.1 Å². The first-order valence-electron chi connectivity index (χ1n) is 5.92. The molecule has 0 radical (unpaired) electrons. The summed E-state index contributed by atoms with van der Waals surface area (Å²) in [6.07, 6.45) is 0. The Morgan fingerprint density at radius 1 is 1.42 bits per heavy atom. The van der Waals surface area contributed by atoms with E-state index in [1.807, 2.05) is 20.8 Å². The lowest BCUT2D eigenvalue weighted by Gasteiger charge is -2.05. The average Bonchev–Trinajstić information content (AvgIpc) is 2.35. The minimum absolute atomic E-state index is 0.0720. The smallest absolute Gasteiger partial charge is 0.267 e. The Labute approximate surface area is 111 Å². The van der Waals surface area contributed by atoms with E-state index in [4.69, 9.17) is 0 Å². The van der Waals surface area contributed by atoms with Crippen LogP contribution in [0.15, 0.2) is 23.3 Å². The van der Waals surface area contributed by atoms with Gasteiger partial charge in [-0.15, -0.1) is 0 Å². The molecule has 1 aromatic rings. The van der Waals surface area contributed by atoms with Crippen LogP contribution < -0.4 is 5.43 Å². The summed E-state index contributed by atoms with van der Waals surface area (Å²) in [6.45, 7) is 7.35. The second-order valence-corrected chi connectivity index (χ2v) is 4.61. The third-order valence-corrected chi connectivity index (χ3v) is 2.84. The lowest BCUT2D eigenvalue weighted by molar-refractivity contribution is -0.385. The van der Waals surface area contributed by atoms with Crippen molar-refractivity contribution >= 4 is 17.3 Å². The molecule has 1 amide bonds. The summed E-state index contributed by atoms with van der Waals surface area (Å²) >= 11 is 0. The molecule has 0 atom stereocenters. The molecular formula is C13H17N3O3. The van der Waals surface area contributed by atoms with Gasteiger partial charge in [-0.05, 0) is 25.8 Å². The summed E-state index contributed by atoms with van der Waals surface area (Å²) in [5, 5.41) is 14.7. The van der Waals surface area contributed by atoms with Gasteiger partial charge in [0.15, 0.2) is 0 Å². The van der Waals surface area contributed by atoms with Crippen LogP contribution in [-0.4, -0.2) is 16.5 Å². The van der Waals surface area contributed by atoms with E-state index >= 15 is 0 Å². The van der Waals surface area contributed by atoms with Gasteiger partial charge in [0.1, 0.15) is 0 Å². The molecule has 0 bridgehead atoms. The molecule has 0 saturated carbocycles. The molecule has 6 nitrogen and oxygen atoms in total. The maximum absolute atomic E-state index is 11.8. The molecule has 0 aliphatic rings. The van der Waals surface area contributed by atoms with Crippen LogP contribution in [0.4, 0.5) is 5.69 Å². The van der Waals surface area contributed by atoms with Crippen LogP contribution in [0.25, 0.3) is 0 Å². The lowest BCUT2D eigenvalue weighted by Crippen LogP contribution is -2.20. The number of carbonyl (C=O) groups excluding carboxylic acids is 1. The number of hydrogen-bond donors (Lipinski definition) is 1. The van der Waals surface area contributed by atoms with Crippen LogP contribution in [0, 0.1) is 23.0 Å². The van der Waals surface area contributed by atoms with Gasteiger partial charge in [-0.2, -0.15) is 5.10 Å². The largest absolute Gasteiger partial charge is 0.273 e. The van der Waals surface area contributed by atoms with E-state index in [2.05, 4.69) is 10.5 Å². The summed E-state index contributed by atoms with van der Waals surface area (Å²) in [6, 6.07) is 4.34. The number of carbonyl (C=O) groups is 1. The van der Waals surface area contributed by atoms with E-state index in [1.54, 1.807) is 13.0 Å². The van der Waals surface area contributed by atoms with E-state index in [0.717, 1.165) is 5.71 Å². The molecule has 0 fully saturated rings. The van der Waals surface area contributed by atoms with Crippen LogP contribution in [0.5, 0.6) is 0 Å². The van der Waals surface area contributed by atoms with Crippen LogP contribution in [0.2, 0.25) is 0 Å². The minimum Gasteiger partial charge on any atom is -0.267 e. The third kappa shape index (κ3) is 3.87. The van der Waals surface area contributed by atoms with Gasteiger partial charge in [-0.1, -0.05) is 19.9 Å². The Bertz CT molecular complexity index is 536. The first kappa shape index (κ1) is 14.8. The summed E-state index contributed by atoms with van der Waals surface area (Å²) in [5.41, 5.74) is 3.84. The summed E-state index contributed by atoms with van der Waals surface area (Å²) in [5.74, 6) is -0.226. The third-order valence-electron chi connectivity index (χ3n) is 2.84. The van der Waals surface area contributed by atoms with Gasteiger partial charge < -0.3 is 0 Å². The van der Waals surface area contributed by atoms with Crippen molar-refractivity contribution in [3.05, 3.63) is 39.4 Å². The Morgan fingerprint density at radius 2 is 2.05 bits per heavy atom. The molecule has 1 aromatic carbocycles. The molecule has 1 N–H and O–H groups in total. The average molecular weight is 263 g/mol. The number of amides is 1. The zero-order valence-electron chi connectivity index (χ0n) is 11.4. The van der Waals surface area contributed by atoms with Crippen molar-refractivity contribution in [2.24, 2.45) is 11.0 Å². The van der Waals surface area contributed by atoms with Crippen LogP contribution in [0.3, 0.4) is 0 Å². The lowest BCUT2D eigenvalue weighted by atomic mass is 10.1. The van der Waals surface area contributed by atoms with Crippen LogP contribution in [-0.2, 0) is 0 Å². The van der Waals surface area contributed by atoms with Gasteiger partial charge in [0, 0.05) is 22.9 Å². The van der Waals surface area contributed by atoms with Crippen molar-refractivity contribution < 1.29 is 9.72 Å². The zero-order chi connectivity index (χ0) is 14.6. The Hall–Kier alpha value is -2.24.